The molecule has 0 amide bonds. The minimum absolute atomic E-state index is 0.166. The van der Waals surface area contributed by atoms with Gasteiger partial charge in [-0.1, -0.05) is 6.07 Å². The van der Waals surface area contributed by atoms with Crippen LogP contribution in [-0.2, 0) is 6.54 Å². The van der Waals surface area contributed by atoms with Crippen LogP contribution in [0.1, 0.15) is 0 Å². The zero-order chi connectivity index (χ0) is 13.7. The van der Waals surface area contributed by atoms with E-state index < -0.39 is 0 Å². The number of benzene rings is 1. The molecule has 19 heavy (non-hydrogen) atoms. The molecule has 0 aliphatic carbocycles. The number of nitrogens with two attached hydrogens (primary N) is 1. The van der Waals surface area contributed by atoms with Gasteiger partial charge >= 0.3 is 0 Å². The largest absolute Gasteiger partial charge is 0.492 e. The van der Waals surface area contributed by atoms with Gasteiger partial charge in [-0.15, -0.1) is 0 Å². The van der Waals surface area contributed by atoms with Crippen molar-refractivity contribution in [3.63, 3.8) is 0 Å². The number of anilines is 1. The third-order valence-electron chi connectivity index (χ3n) is 2.66. The van der Waals surface area contributed by atoms with Crippen LogP contribution in [0, 0.1) is 0 Å². The van der Waals surface area contributed by atoms with Crippen molar-refractivity contribution in [2.45, 2.75) is 6.54 Å². The number of ether oxygens (including phenoxy) is 2. The van der Waals surface area contributed by atoms with E-state index in [0.717, 1.165) is 0 Å². The van der Waals surface area contributed by atoms with Crippen molar-refractivity contribution in [1.82, 2.24) is 4.57 Å². The fraction of sp³-hybridized carbons (Fsp3) is 0.214. The van der Waals surface area contributed by atoms with E-state index in [2.05, 4.69) is 0 Å². The van der Waals surface area contributed by atoms with Crippen molar-refractivity contribution < 1.29 is 9.47 Å². The molecule has 1 aromatic heterocycles. The molecule has 5 nitrogen and oxygen atoms in total. The van der Waals surface area contributed by atoms with E-state index in [9.17, 15) is 4.79 Å². The first-order valence-electron chi connectivity index (χ1n) is 5.92. The van der Waals surface area contributed by atoms with Gasteiger partial charge in [0.15, 0.2) is 5.75 Å². The van der Waals surface area contributed by atoms with E-state index in [-0.39, 0.29) is 5.56 Å². The van der Waals surface area contributed by atoms with E-state index in [4.69, 9.17) is 15.2 Å². The number of aromatic nitrogens is 1. The van der Waals surface area contributed by atoms with Crippen LogP contribution >= 0.6 is 0 Å². The molecule has 1 heterocycles. The highest BCUT2D eigenvalue weighted by atomic mass is 16.5. The molecule has 5 heteroatoms. The summed E-state index contributed by atoms with van der Waals surface area (Å²) in [6, 6.07) is 10.6. The molecule has 0 saturated carbocycles. The Morgan fingerprint density at radius 2 is 2.11 bits per heavy atom. The SMILES string of the molecule is COc1cccn(CCOc2cccc(N)c2)c1=O. The molecule has 0 aliphatic rings. The van der Waals surface area contributed by atoms with Crippen molar-refractivity contribution in [3.8, 4) is 11.5 Å². The van der Waals surface area contributed by atoms with Gasteiger partial charge in [-0.2, -0.15) is 0 Å². The molecule has 0 bridgehead atoms. The molecular weight excluding hydrogens is 244 g/mol. The predicted molar refractivity (Wildman–Crippen MR) is 73.6 cm³/mol. The summed E-state index contributed by atoms with van der Waals surface area (Å²) in [4.78, 5) is 11.9. The summed E-state index contributed by atoms with van der Waals surface area (Å²) in [7, 11) is 1.48. The number of pyridine rings is 1. The van der Waals surface area contributed by atoms with Crippen LogP contribution < -0.4 is 20.8 Å². The number of hydrogen-bond acceptors (Lipinski definition) is 4. The summed E-state index contributed by atoms with van der Waals surface area (Å²) in [5, 5.41) is 0. The van der Waals surface area contributed by atoms with Crippen molar-refractivity contribution in [1.29, 1.82) is 0 Å². The Bertz CT molecular complexity index is 608. The Kier molecular flexibility index (Phi) is 4.07. The lowest BCUT2D eigenvalue weighted by molar-refractivity contribution is 0.294. The summed E-state index contributed by atoms with van der Waals surface area (Å²) in [5.41, 5.74) is 6.14. The lowest BCUT2D eigenvalue weighted by Gasteiger charge is -2.09. The van der Waals surface area contributed by atoms with Gasteiger partial charge in [0.25, 0.3) is 5.56 Å². The third kappa shape index (κ3) is 3.28. The molecule has 2 aromatic rings. The lowest BCUT2D eigenvalue weighted by Crippen LogP contribution is -2.23. The van der Waals surface area contributed by atoms with Gasteiger partial charge in [0.1, 0.15) is 12.4 Å². The van der Waals surface area contributed by atoms with Crippen LogP contribution in [0.3, 0.4) is 0 Å². The third-order valence-corrected chi connectivity index (χ3v) is 2.66. The molecular formula is C14H16N2O3. The van der Waals surface area contributed by atoms with E-state index in [1.807, 2.05) is 12.1 Å². The second-order valence-electron chi connectivity index (χ2n) is 4.00. The van der Waals surface area contributed by atoms with Gasteiger partial charge in [-0.25, -0.2) is 0 Å². The second kappa shape index (κ2) is 5.95. The van der Waals surface area contributed by atoms with Gasteiger partial charge in [0.05, 0.1) is 13.7 Å². The molecule has 0 aliphatic heterocycles. The van der Waals surface area contributed by atoms with Crippen LogP contribution in [-0.4, -0.2) is 18.3 Å². The van der Waals surface area contributed by atoms with Crippen molar-refractivity contribution in [3.05, 3.63) is 52.9 Å². The van der Waals surface area contributed by atoms with Gasteiger partial charge in [-0.05, 0) is 24.3 Å². The van der Waals surface area contributed by atoms with E-state index >= 15 is 0 Å². The van der Waals surface area contributed by atoms with Gasteiger partial charge in [0, 0.05) is 18.0 Å². The summed E-state index contributed by atoms with van der Waals surface area (Å²) >= 11 is 0. The molecule has 0 unspecified atom stereocenters. The summed E-state index contributed by atoms with van der Waals surface area (Å²) in [6.07, 6.45) is 1.70. The monoisotopic (exact) mass is 260 g/mol. The quantitative estimate of drug-likeness (QED) is 0.828. The number of hydrogen-bond donors (Lipinski definition) is 1. The van der Waals surface area contributed by atoms with Gasteiger partial charge < -0.3 is 19.8 Å². The van der Waals surface area contributed by atoms with Crippen LogP contribution in [0.2, 0.25) is 0 Å². The molecule has 1 aromatic carbocycles. The van der Waals surface area contributed by atoms with E-state index in [0.29, 0.717) is 30.3 Å². The highest BCUT2D eigenvalue weighted by molar-refractivity contribution is 5.43. The summed E-state index contributed by atoms with van der Waals surface area (Å²) < 4.78 is 12.1. The maximum Gasteiger partial charge on any atom is 0.292 e. The van der Waals surface area contributed by atoms with Crippen LogP contribution in [0.25, 0.3) is 0 Å². The summed E-state index contributed by atoms with van der Waals surface area (Å²) in [6.45, 7) is 0.835. The number of methoxy groups -OCH3 is 1. The Hall–Kier alpha value is -2.43. The molecule has 0 spiro atoms. The smallest absolute Gasteiger partial charge is 0.292 e. The highest BCUT2D eigenvalue weighted by Gasteiger charge is 2.02. The average molecular weight is 260 g/mol. The highest BCUT2D eigenvalue weighted by Crippen LogP contribution is 2.14. The van der Waals surface area contributed by atoms with Gasteiger partial charge in [0.2, 0.25) is 0 Å². The zero-order valence-electron chi connectivity index (χ0n) is 10.7. The number of nitrogen functional groups attached to an aromatic ring is 1. The summed E-state index contributed by atoms with van der Waals surface area (Å²) in [5.74, 6) is 1.02. The fourth-order valence-electron chi connectivity index (χ4n) is 1.71. The van der Waals surface area contributed by atoms with Gasteiger partial charge in [-0.3, -0.25) is 4.79 Å². The Morgan fingerprint density at radius 3 is 2.84 bits per heavy atom. The molecule has 0 fully saturated rings. The Balaban J connectivity index is 1.98. The molecule has 0 saturated heterocycles. The van der Waals surface area contributed by atoms with Crippen LogP contribution in [0.5, 0.6) is 11.5 Å². The maximum absolute atomic E-state index is 11.9. The second-order valence-corrected chi connectivity index (χ2v) is 4.00. The number of rotatable bonds is 5. The first-order valence-corrected chi connectivity index (χ1v) is 5.92. The van der Waals surface area contributed by atoms with Crippen molar-refractivity contribution in [2.24, 2.45) is 0 Å². The topological polar surface area (TPSA) is 66.5 Å². The number of nitrogens with zero attached hydrogens (tertiary/aromatic N) is 1. The molecule has 0 radical (unpaired) electrons. The minimum Gasteiger partial charge on any atom is -0.492 e. The Labute approximate surface area is 111 Å². The lowest BCUT2D eigenvalue weighted by atomic mass is 10.3. The Morgan fingerprint density at radius 1 is 1.26 bits per heavy atom. The first kappa shape index (κ1) is 13.0. The fourth-order valence-corrected chi connectivity index (χ4v) is 1.71. The minimum atomic E-state index is -0.166. The van der Waals surface area contributed by atoms with Crippen LogP contribution in [0.4, 0.5) is 5.69 Å². The first-order chi connectivity index (χ1) is 9.20. The molecule has 100 valence electrons. The molecule has 2 rings (SSSR count). The van der Waals surface area contributed by atoms with Crippen LogP contribution in [0.15, 0.2) is 47.4 Å². The van der Waals surface area contributed by atoms with Crippen molar-refractivity contribution in [2.75, 3.05) is 19.5 Å². The molecule has 2 N–H and O–H groups in total. The zero-order valence-corrected chi connectivity index (χ0v) is 10.7. The molecule has 0 atom stereocenters. The van der Waals surface area contributed by atoms with E-state index in [1.165, 1.54) is 7.11 Å². The van der Waals surface area contributed by atoms with E-state index in [1.54, 1.807) is 35.0 Å². The average Bonchev–Trinajstić information content (AvgIpc) is 2.41. The van der Waals surface area contributed by atoms with Crippen molar-refractivity contribution >= 4 is 5.69 Å². The standard InChI is InChI=1S/C14H16N2O3/c1-18-13-6-3-7-16(14(13)17)8-9-19-12-5-2-4-11(15)10-12/h2-7,10H,8-9,15H2,1H3. The maximum atomic E-state index is 11.9. The predicted octanol–water partition coefficient (Wildman–Crippen LogP) is 1.52. The normalized spacial score (nSPS) is 10.2.